The molecule has 1 aliphatic carbocycles. The van der Waals surface area contributed by atoms with E-state index >= 15 is 0 Å². The molecule has 1 aromatic heterocycles. The van der Waals surface area contributed by atoms with E-state index in [1.807, 2.05) is 0 Å². The second-order valence-corrected chi connectivity index (χ2v) is 4.85. The quantitative estimate of drug-likeness (QED) is 0.693. The monoisotopic (exact) mass is 299 g/mol. The van der Waals surface area contributed by atoms with Gasteiger partial charge in [0.15, 0.2) is 23.3 Å². The second kappa shape index (κ2) is 4.61. The van der Waals surface area contributed by atoms with Gasteiger partial charge in [0, 0.05) is 12.1 Å². The SMILES string of the molecule is O=C(O)c1ccc(-c2c(F)c(F)cc(F)c2F)n1C1CC1. The van der Waals surface area contributed by atoms with Crippen molar-refractivity contribution in [2.45, 2.75) is 18.9 Å². The Kier molecular flexibility index (Phi) is 3.00. The zero-order valence-corrected chi connectivity index (χ0v) is 10.5. The average Bonchev–Trinajstić information content (AvgIpc) is 3.17. The molecule has 0 unspecified atom stereocenters. The molecule has 0 saturated heterocycles. The van der Waals surface area contributed by atoms with E-state index in [0.717, 1.165) is 12.1 Å². The van der Waals surface area contributed by atoms with Gasteiger partial charge >= 0.3 is 5.97 Å². The van der Waals surface area contributed by atoms with Crippen LogP contribution in [0.15, 0.2) is 18.2 Å². The summed E-state index contributed by atoms with van der Waals surface area (Å²) in [5, 5.41) is 9.09. The molecule has 0 spiro atoms. The van der Waals surface area contributed by atoms with Gasteiger partial charge in [-0.1, -0.05) is 0 Å². The number of rotatable bonds is 3. The third-order valence-electron chi connectivity index (χ3n) is 3.42. The summed E-state index contributed by atoms with van der Waals surface area (Å²) in [7, 11) is 0. The molecule has 1 heterocycles. The molecule has 1 saturated carbocycles. The summed E-state index contributed by atoms with van der Waals surface area (Å²) in [4.78, 5) is 11.1. The highest BCUT2D eigenvalue weighted by molar-refractivity contribution is 5.87. The number of aromatic carboxylic acids is 1. The smallest absolute Gasteiger partial charge is 0.352 e. The Hall–Kier alpha value is -2.31. The Morgan fingerprint density at radius 1 is 1.10 bits per heavy atom. The van der Waals surface area contributed by atoms with Crippen molar-refractivity contribution in [2.75, 3.05) is 0 Å². The van der Waals surface area contributed by atoms with Crippen LogP contribution in [0.5, 0.6) is 0 Å². The van der Waals surface area contributed by atoms with Crippen LogP contribution >= 0.6 is 0 Å². The van der Waals surface area contributed by atoms with E-state index in [1.54, 1.807) is 0 Å². The number of aromatic nitrogens is 1. The van der Waals surface area contributed by atoms with E-state index in [4.69, 9.17) is 5.11 Å². The highest BCUT2D eigenvalue weighted by Gasteiger charge is 2.32. The first-order valence-electron chi connectivity index (χ1n) is 6.19. The number of halogens is 4. The molecule has 0 aliphatic heterocycles. The maximum Gasteiger partial charge on any atom is 0.352 e. The molecule has 7 heteroatoms. The van der Waals surface area contributed by atoms with Gasteiger partial charge in [-0.05, 0) is 25.0 Å². The topological polar surface area (TPSA) is 42.2 Å². The van der Waals surface area contributed by atoms with E-state index in [2.05, 4.69) is 0 Å². The summed E-state index contributed by atoms with van der Waals surface area (Å²) in [6, 6.07) is 2.21. The minimum atomic E-state index is -1.54. The van der Waals surface area contributed by atoms with Crippen LogP contribution in [0.25, 0.3) is 11.3 Å². The molecule has 0 amide bonds. The van der Waals surface area contributed by atoms with Crippen LogP contribution < -0.4 is 0 Å². The predicted molar refractivity (Wildman–Crippen MR) is 64.9 cm³/mol. The van der Waals surface area contributed by atoms with Crippen LogP contribution in [0.2, 0.25) is 0 Å². The molecule has 0 bridgehead atoms. The first-order valence-corrected chi connectivity index (χ1v) is 6.19. The van der Waals surface area contributed by atoms with Gasteiger partial charge in [-0.3, -0.25) is 0 Å². The fourth-order valence-corrected chi connectivity index (χ4v) is 2.35. The van der Waals surface area contributed by atoms with Crippen molar-refractivity contribution in [1.82, 2.24) is 4.57 Å². The van der Waals surface area contributed by atoms with Gasteiger partial charge in [0.05, 0.1) is 11.3 Å². The summed E-state index contributed by atoms with van der Waals surface area (Å²) in [5.41, 5.74) is -1.23. The molecule has 1 N–H and O–H groups in total. The van der Waals surface area contributed by atoms with Gasteiger partial charge in [-0.15, -0.1) is 0 Å². The molecule has 2 aromatic rings. The summed E-state index contributed by atoms with van der Waals surface area (Å²) in [5.74, 6) is -7.39. The van der Waals surface area contributed by atoms with Crippen molar-refractivity contribution in [2.24, 2.45) is 0 Å². The lowest BCUT2D eigenvalue weighted by Crippen LogP contribution is -2.10. The van der Waals surface area contributed by atoms with Gasteiger partial charge in [0.2, 0.25) is 0 Å². The van der Waals surface area contributed by atoms with Crippen molar-refractivity contribution >= 4 is 5.97 Å². The Morgan fingerprint density at radius 2 is 1.67 bits per heavy atom. The van der Waals surface area contributed by atoms with Crippen LogP contribution in [-0.2, 0) is 0 Å². The Bertz CT molecular complexity index is 724. The summed E-state index contributed by atoms with van der Waals surface area (Å²) < 4.78 is 55.6. The lowest BCUT2D eigenvalue weighted by Gasteiger charge is -2.12. The normalized spacial score (nSPS) is 14.5. The van der Waals surface area contributed by atoms with E-state index in [9.17, 15) is 22.4 Å². The Morgan fingerprint density at radius 3 is 2.14 bits per heavy atom. The van der Waals surface area contributed by atoms with Crippen molar-refractivity contribution in [3.8, 4) is 11.3 Å². The summed E-state index contributed by atoms with van der Waals surface area (Å²) in [6.07, 6.45) is 1.28. The van der Waals surface area contributed by atoms with Crippen molar-refractivity contribution in [3.63, 3.8) is 0 Å². The molecule has 110 valence electrons. The van der Waals surface area contributed by atoms with Crippen LogP contribution in [0, 0.1) is 23.3 Å². The Labute approximate surface area is 116 Å². The van der Waals surface area contributed by atoms with Crippen LogP contribution in [0.3, 0.4) is 0 Å². The number of carboxylic acid groups (broad SMARTS) is 1. The number of hydrogen-bond donors (Lipinski definition) is 1. The van der Waals surface area contributed by atoms with Gasteiger partial charge in [-0.2, -0.15) is 0 Å². The van der Waals surface area contributed by atoms with Crippen molar-refractivity contribution in [3.05, 3.63) is 47.2 Å². The number of carbonyl (C=O) groups is 1. The molecule has 3 rings (SSSR count). The van der Waals surface area contributed by atoms with Crippen LogP contribution in [0.4, 0.5) is 17.6 Å². The lowest BCUT2D eigenvalue weighted by molar-refractivity contribution is 0.0685. The minimum absolute atomic E-state index is 0.122. The number of benzene rings is 1. The number of hydrogen-bond acceptors (Lipinski definition) is 1. The molecule has 0 atom stereocenters. The fourth-order valence-electron chi connectivity index (χ4n) is 2.35. The van der Waals surface area contributed by atoms with Crippen molar-refractivity contribution < 1.29 is 27.5 Å². The third-order valence-corrected chi connectivity index (χ3v) is 3.42. The number of carboxylic acids is 1. The molecular formula is C14H9F4NO2. The van der Waals surface area contributed by atoms with E-state index in [1.165, 1.54) is 4.57 Å². The first-order chi connectivity index (χ1) is 9.91. The highest BCUT2D eigenvalue weighted by Crippen LogP contribution is 2.42. The molecule has 1 fully saturated rings. The Balaban J connectivity index is 2.29. The largest absolute Gasteiger partial charge is 0.477 e. The highest BCUT2D eigenvalue weighted by atomic mass is 19.2. The number of nitrogens with zero attached hydrogens (tertiary/aromatic N) is 1. The standard InChI is InChI=1S/C14H9F4NO2/c15-7-5-8(16)13(18)11(12(7)17)9-3-4-10(14(20)21)19(9)6-1-2-6/h3-6H,1-2H2,(H,20,21). The molecule has 3 nitrogen and oxygen atoms in total. The van der Waals surface area contributed by atoms with E-state index in [-0.39, 0.29) is 23.5 Å². The van der Waals surface area contributed by atoms with Gasteiger partial charge in [0.1, 0.15) is 5.69 Å². The summed E-state index contributed by atoms with van der Waals surface area (Å²) >= 11 is 0. The van der Waals surface area contributed by atoms with Gasteiger partial charge in [0.25, 0.3) is 0 Å². The zero-order chi connectivity index (χ0) is 15.3. The maximum absolute atomic E-state index is 13.9. The van der Waals surface area contributed by atoms with Crippen LogP contribution in [0.1, 0.15) is 29.4 Å². The third kappa shape index (κ3) is 2.09. The van der Waals surface area contributed by atoms with E-state index < -0.39 is 34.8 Å². The van der Waals surface area contributed by atoms with Gasteiger partial charge in [-0.25, -0.2) is 22.4 Å². The molecule has 1 aliphatic rings. The lowest BCUT2D eigenvalue weighted by atomic mass is 10.1. The molecule has 1 aromatic carbocycles. The van der Waals surface area contributed by atoms with Crippen molar-refractivity contribution in [1.29, 1.82) is 0 Å². The molecule has 21 heavy (non-hydrogen) atoms. The zero-order valence-electron chi connectivity index (χ0n) is 10.5. The molecular weight excluding hydrogens is 290 g/mol. The molecule has 0 radical (unpaired) electrons. The van der Waals surface area contributed by atoms with Gasteiger partial charge < -0.3 is 9.67 Å². The average molecular weight is 299 g/mol. The summed E-state index contributed by atoms with van der Waals surface area (Å²) in [6.45, 7) is 0. The van der Waals surface area contributed by atoms with Crippen LogP contribution in [-0.4, -0.2) is 15.6 Å². The first kappa shape index (κ1) is 13.7. The fraction of sp³-hybridized carbons (Fsp3) is 0.214. The predicted octanol–water partition coefficient (Wildman–Crippen LogP) is 3.74. The maximum atomic E-state index is 13.9. The minimum Gasteiger partial charge on any atom is -0.477 e. The second-order valence-electron chi connectivity index (χ2n) is 4.85. The van der Waals surface area contributed by atoms with E-state index in [0.29, 0.717) is 12.8 Å².